The van der Waals surface area contributed by atoms with E-state index >= 15 is 0 Å². The largest absolute Gasteiger partial charge is 0.372 e. The number of nitrogens with one attached hydrogen (secondary N) is 1. The molecule has 2 rings (SSSR count). The van der Waals surface area contributed by atoms with Crippen molar-refractivity contribution in [3.63, 3.8) is 0 Å². The molecule has 0 aliphatic heterocycles. The van der Waals surface area contributed by atoms with E-state index in [1.807, 2.05) is 12.1 Å². The van der Waals surface area contributed by atoms with Crippen LogP contribution in [0.1, 0.15) is 13.8 Å². The fourth-order valence-electron chi connectivity index (χ4n) is 2.71. The predicted molar refractivity (Wildman–Crippen MR) is 107 cm³/mol. The molecule has 146 valence electrons. The third-order valence-electron chi connectivity index (χ3n) is 4.06. The van der Waals surface area contributed by atoms with Crippen LogP contribution in [0, 0.1) is 5.82 Å². The molecule has 0 aromatic heterocycles. The molecule has 2 aromatic carbocycles. The third-order valence-corrected chi connectivity index (χ3v) is 5.20. The molecule has 0 spiro atoms. The number of rotatable bonds is 8. The Hall–Kier alpha value is -2.61. The Morgan fingerprint density at radius 3 is 2.19 bits per heavy atom. The van der Waals surface area contributed by atoms with Gasteiger partial charge >= 0.3 is 0 Å². The van der Waals surface area contributed by atoms with Gasteiger partial charge in [0.2, 0.25) is 15.9 Å². The number of hydrogen-bond donors (Lipinski definition) is 1. The summed E-state index contributed by atoms with van der Waals surface area (Å²) in [5.74, 6) is -1.09. The maximum absolute atomic E-state index is 13.4. The van der Waals surface area contributed by atoms with Crippen LogP contribution in [-0.2, 0) is 14.8 Å². The monoisotopic (exact) mass is 393 g/mol. The summed E-state index contributed by atoms with van der Waals surface area (Å²) in [7, 11) is -3.75. The van der Waals surface area contributed by atoms with Crippen molar-refractivity contribution in [1.82, 2.24) is 0 Å². The first-order valence-corrected chi connectivity index (χ1v) is 10.5. The summed E-state index contributed by atoms with van der Waals surface area (Å²) >= 11 is 0. The normalized spacial score (nSPS) is 11.1. The maximum atomic E-state index is 13.4. The lowest BCUT2D eigenvalue weighted by Crippen LogP contribution is -2.37. The second kappa shape index (κ2) is 8.85. The zero-order chi connectivity index (χ0) is 20.0. The molecule has 0 radical (unpaired) electrons. The molecule has 0 aliphatic carbocycles. The van der Waals surface area contributed by atoms with E-state index in [2.05, 4.69) is 24.1 Å². The highest BCUT2D eigenvalue weighted by Crippen LogP contribution is 2.20. The van der Waals surface area contributed by atoms with Crippen LogP contribution in [0.15, 0.2) is 48.5 Å². The number of nitrogens with zero attached hydrogens (tertiary/aromatic N) is 2. The van der Waals surface area contributed by atoms with Gasteiger partial charge < -0.3 is 10.2 Å². The molecule has 1 N–H and O–H groups in total. The van der Waals surface area contributed by atoms with E-state index in [-0.39, 0.29) is 5.69 Å². The van der Waals surface area contributed by atoms with Gasteiger partial charge in [0.15, 0.2) is 0 Å². The number of halogens is 1. The van der Waals surface area contributed by atoms with E-state index in [1.54, 1.807) is 12.1 Å². The fraction of sp³-hybridized carbons (Fsp3) is 0.316. The molecule has 0 saturated carbocycles. The summed E-state index contributed by atoms with van der Waals surface area (Å²) in [5, 5.41) is 2.67. The van der Waals surface area contributed by atoms with Gasteiger partial charge in [0.25, 0.3) is 0 Å². The van der Waals surface area contributed by atoms with Crippen molar-refractivity contribution in [2.24, 2.45) is 0 Å². The number of sulfonamides is 1. The summed E-state index contributed by atoms with van der Waals surface area (Å²) in [6.45, 7) is 5.43. The Morgan fingerprint density at radius 2 is 1.67 bits per heavy atom. The van der Waals surface area contributed by atoms with Gasteiger partial charge in [-0.3, -0.25) is 9.10 Å². The Balaban J connectivity index is 2.12. The summed E-state index contributed by atoms with van der Waals surface area (Å²) in [6, 6.07) is 12.4. The molecule has 1 amide bonds. The van der Waals surface area contributed by atoms with Crippen molar-refractivity contribution in [3.05, 3.63) is 54.3 Å². The Labute approximate surface area is 159 Å². The van der Waals surface area contributed by atoms with E-state index in [4.69, 9.17) is 0 Å². The third kappa shape index (κ3) is 5.68. The van der Waals surface area contributed by atoms with E-state index in [9.17, 15) is 17.6 Å². The molecule has 6 nitrogen and oxygen atoms in total. The first-order chi connectivity index (χ1) is 12.7. The average molecular weight is 393 g/mol. The molecule has 0 bridgehead atoms. The lowest BCUT2D eigenvalue weighted by atomic mass is 10.2. The molecule has 0 saturated heterocycles. The maximum Gasteiger partial charge on any atom is 0.245 e. The number of benzene rings is 2. The summed E-state index contributed by atoms with van der Waals surface area (Å²) in [4.78, 5) is 14.5. The number of carbonyl (C=O) groups excluding carboxylic acids is 1. The van der Waals surface area contributed by atoms with Crippen LogP contribution < -0.4 is 14.5 Å². The summed E-state index contributed by atoms with van der Waals surface area (Å²) in [5.41, 5.74) is 1.70. The van der Waals surface area contributed by atoms with Gasteiger partial charge in [0.1, 0.15) is 12.4 Å². The second-order valence-electron chi connectivity index (χ2n) is 6.02. The van der Waals surface area contributed by atoms with E-state index in [0.29, 0.717) is 5.69 Å². The Kier molecular flexibility index (Phi) is 6.79. The standard InChI is InChI=1S/C19H24FN3O3S/c1-4-22(5-2)17-11-9-16(10-12-17)21-19(24)14-23(27(3,25)26)18-8-6-7-15(20)13-18/h6-13H,4-5,14H2,1-3H3,(H,21,24). The number of anilines is 3. The number of carbonyl (C=O) groups is 1. The lowest BCUT2D eigenvalue weighted by Gasteiger charge is -2.22. The SMILES string of the molecule is CCN(CC)c1ccc(NC(=O)CN(c2cccc(F)c2)S(C)(=O)=O)cc1. The molecule has 0 atom stereocenters. The van der Waals surface area contributed by atoms with Crippen LogP contribution in [0.3, 0.4) is 0 Å². The van der Waals surface area contributed by atoms with Gasteiger partial charge in [0, 0.05) is 24.5 Å². The van der Waals surface area contributed by atoms with Crippen molar-refractivity contribution >= 4 is 33.0 Å². The average Bonchev–Trinajstić information content (AvgIpc) is 2.61. The van der Waals surface area contributed by atoms with E-state index in [1.165, 1.54) is 18.2 Å². The van der Waals surface area contributed by atoms with Crippen LogP contribution in [0.5, 0.6) is 0 Å². The highest BCUT2D eigenvalue weighted by atomic mass is 32.2. The quantitative estimate of drug-likeness (QED) is 0.748. The molecule has 8 heteroatoms. The minimum absolute atomic E-state index is 0.101. The predicted octanol–water partition coefficient (Wildman–Crippen LogP) is 3.08. The van der Waals surface area contributed by atoms with Crippen molar-refractivity contribution in [3.8, 4) is 0 Å². The van der Waals surface area contributed by atoms with Gasteiger partial charge in [-0.1, -0.05) is 6.07 Å². The zero-order valence-corrected chi connectivity index (χ0v) is 16.5. The topological polar surface area (TPSA) is 69.7 Å². The van der Waals surface area contributed by atoms with Gasteiger partial charge in [-0.05, 0) is 56.3 Å². The minimum atomic E-state index is -3.75. The number of amides is 1. The van der Waals surface area contributed by atoms with Crippen LogP contribution in [0.25, 0.3) is 0 Å². The lowest BCUT2D eigenvalue weighted by molar-refractivity contribution is -0.114. The van der Waals surface area contributed by atoms with Crippen LogP contribution >= 0.6 is 0 Å². The van der Waals surface area contributed by atoms with Crippen LogP contribution in [0.2, 0.25) is 0 Å². The Morgan fingerprint density at radius 1 is 1.04 bits per heavy atom. The molecule has 0 heterocycles. The van der Waals surface area contributed by atoms with Gasteiger partial charge in [0.05, 0.1) is 11.9 Å². The highest BCUT2D eigenvalue weighted by Gasteiger charge is 2.21. The number of hydrogen-bond acceptors (Lipinski definition) is 4. The first-order valence-electron chi connectivity index (χ1n) is 8.62. The first kappa shape index (κ1) is 20.7. The zero-order valence-electron chi connectivity index (χ0n) is 15.6. The van der Waals surface area contributed by atoms with Gasteiger partial charge in [-0.15, -0.1) is 0 Å². The molecular weight excluding hydrogens is 369 g/mol. The second-order valence-corrected chi connectivity index (χ2v) is 7.92. The van der Waals surface area contributed by atoms with Gasteiger partial charge in [-0.25, -0.2) is 12.8 Å². The van der Waals surface area contributed by atoms with Crippen LogP contribution in [-0.4, -0.2) is 40.2 Å². The van der Waals surface area contributed by atoms with Crippen molar-refractivity contribution in [2.45, 2.75) is 13.8 Å². The molecule has 0 unspecified atom stereocenters. The minimum Gasteiger partial charge on any atom is -0.372 e. The molecule has 27 heavy (non-hydrogen) atoms. The van der Waals surface area contributed by atoms with E-state index in [0.717, 1.165) is 35.4 Å². The highest BCUT2D eigenvalue weighted by molar-refractivity contribution is 7.92. The molecular formula is C19H24FN3O3S. The molecule has 0 fully saturated rings. The fourth-order valence-corrected chi connectivity index (χ4v) is 3.55. The van der Waals surface area contributed by atoms with Crippen molar-refractivity contribution < 1.29 is 17.6 Å². The van der Waals surface area contributed by atoms with Crippen molar-refractivity contribution in [2.75, 3.05) is 40.4 Å². The molecule has 2 aromatic rings. The van der Waals surface area contributed by atoms with Crippen molar-refractivity contribution in [1.29, 1.82) is 0 Å². The Bertz CT molecular complexity index is 881. The van der Waals surface area contributed by atoms with Gasteiger partial charge in [-0.2, -0.15) is 0 Å². The molecule has 0 aliphatic rings. The van der Waals surface area contributed by atoms with E-state index < -0.39 is 28.3 Å². The summed E-state index contributed by atoms with van der Waals surface area (Å²) in [6.07, 6.45) is 0.976. The summed E-state index contributed by atoms with van der Waals surface area (Å²) < 4.78 is 38.4. The smallest absolute Gasteiger partial charge is 0.245 e. The van der Waals surface area contributed by atoms with Crippen LogP contribution in [0.4, 0.5) is 21.5 Å².